The van der Waals surface area contributed by atoms with Crippen molar-refractivity contribution < 1.29 is 0 Å². The molecule has 246 valence electrons. The van der Waals surface area contributed by atoms with Crippen LogP contribution in [0.25, 0.3) is 50.1 Å². The van der Waals surface area contributed by atoms with Gasteiger partial charge in [0.05, 0.1) is 0 Å². The predicted molar refractivity (Wildman–Crippen MR) is 218 cm³/mol. The fraction of sp³-hybridized carbons (Fsp3) is 0.0833. The third-order valence-electron chi connectivity index (χ3n) is 8.45. The largest absolute Gasteiger partial charge is 0.272 e. The first-order valence-electron chi connectivity index (χ1n) is 17.1. The Bertz CT molecular complexity index is 2130. The lowest BCUT2D eigenvalue weighted by molar-refractivity contribution is 1.27. The Kier molecular flexibility index (Phi) is 12.6. The van der Waals surface area contributed by atoms with Crippen LogP contribution in [0.2, 0.25) is 0 Å². The van der Waals surface area contributed by atoms with E-state index in [-0.39, 0.29) is 0 Å². The van der Waals surface area contributed by atoms with Crippen LogP contribution in [-0.2, 0) is 6.42 Å². The summed E-state index contributed by atoms with van der Waals surface area (Å²) >= 11 is 0. The lowest BCUT2D eigenvalue weighted by Gasteiger charge is -2.11. The molecule has 0 fully saturated rings. The molecule has 0 saturated carbocycles. The molecule has 6 rings (SSSR count). The fourth-order valence-electron chi connectivity index (χ4n) is 5.90. The second-order valence-electron chi connectivity index (χ2n) is 11.7. The van der Waals surface area contributed by atoms with E-state index in [1.165, 1.54) is 39.0 Å². The SMILES string of the molecule is C=C/C(=C\N=C)c1cccc(-c2cccc(C(/C=C(\C)c3ccccc3)=C/Cc3cccc(-c4cccc(-c5cccnc5)c4)c3)c2)c1.CC. The molecule has 0 amide bonds. The monoisotopic (exact) mass is 648 g/mol. The third-order valence-corrected chi connectivity index (χ3v) is 8.45. The molecule has 0 unspecified atom stereocenters. The first kappa shape index (κ1) is 35.2. The van der Waals surface area contributed by atoms with Gasteiger partial charge in [0.15, 0.2) is 0 Å². The summed E-state index contributed by atoms with van der Waals surface area (Å²) in [5.74, 6) is 0. The van der Waals surface area contributed by atoms with Gasteiger partial charge in [-0.1, -0.05) is 154 Å². The Morgan fingerprint density at radius 3 is 1.76 bits per heavy atom. The zero-order valence-corrected chi connectivity index (χ0v) is 29.3. The van der Waals surface area contributed by atoms with Crippen molar-refractivity contribution in [1.29, 1.82) is 0 Å². The van der Waals surface area contributed by atoms with Crippen molar-refractivity contribution in [2.24, 2.45) is 4.99 Å². The number of aliphatic imine (C=N–C) groups is 1. The lowest BCUT2D eigenvalue weighted by Crippen LogP contribution is -1.90. The third kappa shape index (κ3) is 9.06. The topological polar surface area (TPSA) is 25.2 Å². The maximum Gasteiger partial charge on any atom is 0.0346 e. The van der Waals surface area contributed by atoms with Crippen LogP contribution >= 0.6 is 0 Å². The van der Waals surface area contributed by atoms with E-state index in [1.807, 2.05) is 38.4 Å². The van der Waals surface area contributed by atoms with Crippen molar-refractivity contribution in [2.45, 2.75) is 27.2 Å². The van der Waals surface area contributed by atoms with E-state index in [1.54, 1.807) is 6.20 Å². The van der Waals surface area contributed by atoms with Crippen LogP contribution in [0, 0.1) is 0 Å². The zero-order valence-electron chi connectivity index (χ0n) is 29.3. The summed E-state index contributed by atoms with van der Waals surface area (Å²) in [6.07, 6.45) is 12.7. The number of benzene rings is 5. The first-order valence-corrected chi connectivity index (χ1v) is 17.1. The molecule has 0 bridgehead atoms. The van der Waals surface area contributed by atoms with Crippen LogP contribution in [0.15, 0.2) is 188 Å². The summed E-state index contributed by atoms with van der Waals surface area (Å²) in [7, 11) is 0. The van der Waals surface area contributed by atoms with Gasteiger partial charge in [0, 0.05) is 24.2 Å². The predicted octanol–water partition coefficient (Wildman–Crippen LogP) is 13.1. The molecule has 0 saturated heterocycles. The number of hydrogen-bond donors (Lipinski definition) is 0. The minimum atomic E-state index is 0.797. The zero-order chi connectivity index (χ0) is 35.1. The number of rotatable bonds is 11. The van der Waals surface area contributed by atoms with E-state index in [0.29, 0.717) is 0 Å². The van der Waals surface area contributed by atoms with Gasteiger partial charge < -0.3 is 0 Å². The second-order valence-corrected chi connectivity index (χ2v) is 11.7. The minimum Gasteiger partial charge on any atom is -0.272 e. The highest BCUT2D eigenvalue weighted by Gasteiger charge is 2.08. The normalized spacial score (nSPS) is 11.7. The molecule has 0 aliphatic carbocycles. The smallest absolute Gasteiger partial charge is 0.0346 e. The minimum absolute atomic E-state index is 0.797. The maximum absolute atomic E-state index is 4.30. The first-order chi connectivity index (χ1) is 24.6. The molecule has 50 heavy (non-hydrogen) atoms. The van der Waals surface area contributed by atoms with E-state index in [0.717, 1.165) is 39.8 Å². The summed E-state index contributed by atoms with van der Waals surface area (Å²) in [4.78, 5) is 8.26. The molecule has 0 aliphatic rings. The Hall–Kier alpha value is -6.12. The van der Waals surface area contributed by atoms with E-state index in [9.17, 15) is 0 Å². The average Bonchev–Trinajstić information content (AvgIpc) is 3.20. The van der Waals surface area contributed by atoms with Gasteiger partial charge in [0.2, 0.25) is 0 Å². The Morgan fingerprint density at radius 2 is 1.14 bits per heavy atom. The highest BCUT2D eigenvalue weighted by molar-refractivity contribution is 5.86. The van der Waals surface area contributed by atoms with Gasteiger partial charge in [-0.15, -0.1) is 0 Å². The maximum atomic E-state index is 4.30. The quantitative estimate of drug-likeness (QED) is 0.101. The number of nitrogens with zero attached hydrogens (tertiary/aromatic N) is 2. The standard InChI is InChI=1S/C46H38N2.C2H6/c1-4-36(32-47-3)39-17-9-19-41(29-39)42-20-10-21-43(30-42)45(27-34(2)37-14-6-5-7-15-37)25-24-35-13-8-16-38(28-35)40-18-11-22-44(31-40)46-23-12-26-48-33-46;1-2/h4-23,25-33H,1,3,24H2,2H3;1-2H3/b34-27+,36-32+,45-25+;. The number of hydrogen-bond acceptors (Lipinski definition) is 2. The molecular formula is C48H44N2. The molecule has 1 heterocycles. The van der Waals surface area contributed by atoms with Gasteiger partial charge in [0.1, 0.15) is 0 Å². The Balaban J connectivity index is 0.00000239. The Morgan fingerprint density at radius 1 is 0.600 bits per heavy atom. The molecule has 0 aliphatic heterocycles. The molecule has 0 spiro atoms. The molecule has 2 heteroatoms. The average molecular weight is 649 g/mol. The molecule has 0 atom stereocenters. The van der Waals surface area contributed by atoms with Gasteiger partial charge >= 0.3 is 0 Å². The van der Waals surface area contributed by atoms with Gasteiger partial charge in [-0.3, -0.25) is 9.98 Å². The molecular weight excluding hydrogens is 605 g/mol. The van der Waals surface area contributed by atoms with Crippen LogP contribution in [-0.4, -0.2) is 11.7 Å². The number of allylic oxidation sites excluding steroid dienone is 6. The highest BCUT2D eigenvalue weighted by Crippen LogP contribution is 2.31. The van der Waals surface area contributed by atoms with Crippen molar-refractivity contribution in [3.8, 4) is 33.4 Å². The highest BCUT2D eigenvalue weighted by atomic mass is 14.6. The van der Waals surface area contributed by atoms with Gasteiger partial charge in [-0.05, 0) is 111 Å². The van der Waals surface area contributed by atoms with Crippen LogP contribution in [0.1, 0.15) is 43.0 Å². The molecule has 1 aromatic heterocycles. The summed E-state index contributed by atoms with van der Waals surface area (Å²) in [6.45, 7) is 13.8. The van der Waals surface area contributed by atoms with Crippen molar-refractivity contribution in [3.05, 3.63) is 205 Å². The van der Waals surface area contributed by atoms with Gasteiger partial charge in [-0.2, -0.15) is 0 Å². The van der Waals surface area contributed by atoms with Crippen LogP contribution in [0.3, 0.4) is 0 Å². The summed E-state index contributed by atoms with van der Waals surface area (Å²) in [6, 6.07) is 49.4. The fourth-order valence-corrected chi connectivity index (χ4v) is 5.90. The van der Waals surface area contributed by atoms with E-state index in [4.69, 9.17) is 0 Å². The van der Waals surface area contributed by atoms with E-state index < -0.39 is 0 Å². The van der Waals surface area contributed by atoms with Crippen molar-refractivity contribution in [1.82, 2.24) is 4.98 Å². The van der Waals surface area contributed by atoms with Crippen LogP contribution < -0.4 is 0 Å². The summed E-state index contributed by atoms with van der Waals surface area (Å²) < 4.78 is 0. The molecule has 0 N–H and O–H groups in total. The second kappa shape index (κ2) is 17.9. The summed E-state index contributed by atoms with van der Waals surface area (Å²) in [5, 5.41) is 0. The van der Waals surface area contributed by atoms with Crippen molar-refractivity contribution in [2.75, 3.05) is 0 Å². The molecule has 0 radical (unpaired) electrons. The lowest BCUT2D eigenvalue weighted by atomic mass is 9.93. The van der Waals surface area contributed by atoms with Crippen LogP contribution in [0.4, 0.5) is 0 Å². The summed E-state index contributed by atoms with van der Waals surface area (Å²) in [5.41, 5.74) is 15.0. The van der Waals surface area contributed by atoms with Gasteiger partial charge in [0.25, 0.3) is 0 Å². The molecule has 2 nitrogen and oxygen atoms in total. The molecule has 5 aromatic carbocycles. The van der Waals surface area contributed by atoms with Crippen molar-refractivity contribution in [3.63, 3.8) is 0 Å². The van der Waals surface area contributed by atoms with E-state index in [2.05, 4.69) is 176 Å². The number of aromatic nitrogens is 1. The number of pyridine rings is 1. The Labute approximate surface area is 298 Å². The van der Waals surface area contributed by atoms with Crippen LogP contribution in [0.5, 0.6) is 0 Å². The van der Waals surface area contributed by atoms with Gasteiger partial charge in [-0.25, -0.2) is 0 Å². The van der Waals surface area contributed by atoms with E-state index >= 15 is 0 Å². The van der Waals surface area contributed by atoms with Crippen molar-refractivity contribution >= 4 is 23.4 Å². The molecule has 6 aromatic rings.